The second-order valence-corrected chi connectivity index (χ2v) is 13.2. The molecule has 0 amide bonds. The predicted octanol–water partition coefficient (Wildman–Crippen LogP) is 13.4. The van der Waals surface area contributed by atoms with E-state index in [0.29, 0.717) is 0 Å². The molecule has 0 bridgehead atoms. The molecule has 0 fully saturated rings. The lowest BCUT2D eigenvalue weighted by atomic mass is 9.94. The first-order valence-electron chi connectivity index (χ1n) is 17.9. The molecule has 2 heteroatoms. The van der Waals surface area contributed by atoms with Crippen molar-refractivity contribution < 1.29 is 0 Å². The van der Waals surface area contributed by atoms with E-state index in [0.717, 1.165) is 54.7 Å². The summed E-state index contributed by atoms with van der Waals surface area (Å²) < 4.78 is 0. The molecule has 0 saturated heterocycles. The third-order valence-corrected chi connectivity index (χ3v) is 10.1. The highest BCUT2D eigenvalue weighted by atomic mass is 15.1. The van der Waals surface area contributed by atoms with Crippen molar-refractivity contribution in [2.75, 3.05) is 9.80 Å². The molecule has 2 aliphatic rings. The van der Waals surface area contributed by atoms with Gasteiger partial charge in [0.1, 0.15) is 0 Å². The van der Waals surface area contributed by atoms with Crippen LogP contribution in [0.1, 0.15) is 53.1 Å². The maximum absolute atomic E-state index is 3.96. The molecule has 6 aromatic carbocycles. The summed E-state index contributed by atoms with van der Waals surface area (Å²) in [5.74, 6) is 0. The van der Waals surface area contributed by atoms with Gasteiger partial charge in [-0.1, -0.05) is 117 Å². The fraction of sp³-hybridized carbons (Fsp3) is 0.125. The van der Waals surface area contributed by atoms with E-state index < -0.39 is 0 Å². The molecule has 50 heavy (non-hydrogen) atoms. The first kappa shape index (κ1) is 31.4. The zero-order chi connectivity index (χ0) is 33.9. The maximum Gasteiger partial charge on any atom is 0.0536 e. The zero-order valence-electron chi connectivity index (χ0n) is 28.7. The number of allylic oxidation sites excluding steroid dienone is 2. The Balaban J connectivity index is 1.15. The van der Waals surface area contributed by atoms with Crippen molar-refractivity contribution in [1.82, 2.24) is 0 Å². The standard InChI is InChI=1S/C48H42N2/c1-3-35-19-27-41(28-20-35)49(47-17-9-13-39-11-5-7-15-45(39)47)43-31-23-37(24-32-43)38-25-33-44(34-26-38)50(42-29-21-36(4-2)22-30-42)48-18-10-14-40-12-6-8-16-46(40)48/h3,7-10,13-34H,1,4-6,11-12H2,2H3. The highest BCUT2D eigenvalue weighted by Gasteiger charge is 2.20. The average molecular weight is 647 g/mol. The monoisotopic (exact) mass is 646 g/mol. The van der Waals surface area contributed by atoms with Gasteiger partial charge in [0.15, 0.2) is 0 Å². The molecule has 6 aromatic rings. The summed E-state index contributed by atoms with van der Waals surface area (Å²) >= 11 is 0. The lowest BCUT2D eigenvalue weighted by Crippen LogP contribution is -2.13. The number of aryl methyl sites for hydroxylation is 3. The van der Waals surface area contributed by atoms with Crippen LogP contribution >= 0.6 is 0 Å². The molecule has 0 N–H and O–H groups in total. The average Bonchev–Trinajstić information content (AvgIpc) is 3.19. The van der Waals surface area contributed by atoms with Crippen LogP contribution < -0.4 is 9.80 Å². The molecular formula is C48H42N2. The van der Waals surface area contributed by atoms with E-state index in [9.17, 15) is 0 Å². The minimum Gasteiger partial charge on any atom is -0.310 e. The van der Waals surface area contributed by atoms with Gasteiger partial charge >= 0.3 is 0 Å². The van der Waals surface area contributed by atoms with Crippen molar-refractivity contribution in [3.05, 3.63) is 186 Å². The molecular weight excluding hydrogens is 605 g/mol. The van der Waals surface area contributed by atoms with Gasteiger partial charge in [-0.2, -0.15) is 0 Å². The van der Waals surface area contributed by atoms with Gasteiger partial charge in [-0.15, -0.1) is 0 Å². The van der Waals surface area contributed by atoms with Gasteiger partial charge in [-0.3, -0.25) is 0 Å². The molecule has 0 unspecified atom stereocenters. The van der Waals surface area contributed by atoms with Crippen molar-refractivity contribution >= 4 is 52.4 Å². The number of anilines is 6. The van der Waals surface area contributed by atoms with Crippen LogP contribution in [0.3, 0.4) is 0 Å². The van der Waals surface area contributed by atoms with E-state index in [1.807, 2.05) is 6.08 Å². The van der Waals surface area contributed by atoms with E-state index in [2.05, 4.69) is 181 Å². The molecule has 8 rings (SSSR count). The first-order valence-corrected chi connectivity index (χ1v) is 17.9. The largest absolute Gasteiger partial charge is 0.310 e. The van der Waals surface area contributed by atoms with E-state index in [1.165, 1.54) is 56.0 Å². The van der Waals surface area contributed by atoms with Crippen LogP contribution in [0.25, 0.3) is 29.4 Å². The van der Waals surface area contributed by atoms with Crippen LogP contribution in [-0.4, -0.2) is 0 Å². The number of fused-ring (bicyclic) bond motifs is 2. The van der Waals surface area contributed by atoms with Crippen LogP contribution in [-0.2, 0) is 19.3 Å². The van der Waals surface area contributed by atoms with Crippen molar-refractivity contribution in [3.8, 4) is 11.1 Å². The predicted molar refractivity (Wildman–Crippen MR) is 215 cm³/mol. The number of benzene rings is 6. The molecule has 0 aliphatic heterocycles. The summed E-state index contributed by atoms with van der Waals surface area (Å²) in [4.78, 5) is 4.79. The Bertz CT molecular complexity index is 2180. The highest BCUT2D eigenvalue weighted by molar-refractivity contribution is 5.87. The van der Waals surface area contributed by atoms with Crippen LogP contribution in [0, 0.1) is 0 Å². The second-order valence-electron chi connectivity index (χ2n) is 13.2. The molecule has 0 heterocycles. The summed E-state index contributed by atoms with van der Waals surface area (Å²) in [5, 5.41) is 0. The fourth-order valence-corrected chi connectivity index (χ4v) is 7.39. The fourth-order valence-electron chi connectivity index (χ4n) is 7.39. The Morgan fingerprint density at radius 1 is 0.520 bits per heavy atom. The Kier molecular flexibility index (Phi) is 8.76. The Morgan fingerprint density at radius 3 is 1.36 bits per heavy atom. The third-order valence-electron chi connectivity index (χ3n) is 10.1. The molecule has 2 nitrogen and oxygen atoms in total. The Hall–Kier alpha value is -5.86. The van der Waals surface area contributed by atoms with Crippen LogP contribution in [0.4, 0.5) is 34.1 Å². The zero-order valence-corrected chi connectivity index (χ0v) is 28.7. The van der Waals surface area contributed by atoms with Crippen molar-refractivity contribution in [3.63, 3.8) is 0 Å². The first-order chi connectivity index (χ1) is 24.7. The molecule has 0 spiro atoms. The Morgan fingerprint density at radius 2 is 0.940 bits per heavy atom. The quantitative estimate of drug-likeness (QED) is 0.154. The van der Waals surface area contributed by atoms with Crippen molar-refractivity contribution in [2.45, 2.75) is 39.0 Å². The summed E-state index contributed by atoms with van der Waals surface area (Å²) in [6.45, 7) is 6.17. The van der Waals surface area contributed by atoms with Gasteiger partial charge in [0.2, 0.25) is 0 Å². The molecule has 0 atom stereocenters. The number of rotatable bonds is 9. The van der Waals surface area contributed by atoms with Crippen molar-refractivity contribution in [1.29, 1.82) is 0 Å². The topological polar surface area (TPSA) is 6.48 Å². The van der Waals surface area contributed by atoms with Gasteiger partial charge in [0.05, 0.1) is 11.4 Å². The third kappa shape index (κ3) is 6.10. The van der Waals surface area contributed by atoms with E-state index >= 15 is 0 Å². The highest BCUT2D eigenvalue weighted by Crippen LogP contribution is 2.42. The molecule has 0 saturated carbocycles. The van der Waals surface area contributed by atoms with Gasteiger partial charge in [-0.25, -0.2) is 0 Å². The van der Waals surface area contributed by atoms with Crippen LogP contribution in [0.2, 0.25) is 0 Å². The lowest BCUT2D eigenvalue weighted by Gasteiger charge is -2.29. The minimum atomic E-state index is 1.03. The molecule has 0 radical (unpaired) electrons. The van der Waals surface area contributed by atoms with Gasteiger partial charge in [0.25, 0.3) is 0 Å². The van der Waals surface area contributed by atoms with Gasteiger partial charge < -0.3 is 9.80 Å². The smallest absolute Gasteiger partial charge is 0.0536 e. The molecule has 244 valence electrons. The van der Waals surface area contributed by atoms with E-state index in [4.69, 9.17) is 0 Å². The van der Waals surface area contributed by atoms with E-state index in [1.54, 1.807) is 0 Å². The van der Waals surface area contributed by atoms with E-state index in [-0.39, 0.29) is 0 Å². The molecule has 0 aromatic heterocycles. The summed E-state index contributed by atoms with van der Waals surface area (Å²) in [7, 11) is 0. The van der Waals surface area contributed by atoms with Gasteiger partial charge in [-0.05, 0) is 126 Å². The number of nitrogens with zero attached hydrogens (tertiary/aromatic N) is 2. The normalized spacial score (nSPS) is 13.0. The van der Waals surface area contributed by atoms with Gasteiger partial charge in [0, 0.05) is 33.9 Å². The van der Waals surface area contributed by atoms with Crippen LogP contribution in [0.15, 0.2) is 152 Å². The van der Waals surface area contributed by atoms with Crippen molar-refractivity contribution in [2.24, 2.45) is 0 Å². The molecule has 2 aliphatic carbocycles. The Labute approximate surface area is 297 Å². The van der Waals surface area contributed by atoms with Crippen LogP contribution in [0.5, 0.6) is 0 Å². The SMILES string of the molecule is C=Cc1ccc(N(c2ccc(-c3ccc(N(c4ccc(CC)cc4)c4cccc5c4C=CCC5)cc3)cc2)c2cccc3c2C=CCC3)cc1. The summed E-state index contributed by atoms with van der Waals surface area (Å²) in [6, 6.07) is 49.1. The lowest BCUT2D eigenvalue weighted by molar-refractivity contribution is 0.983. The summed E-state index contributed by atoms with van der Waals surface area (Å²) in [6.07, 6.45) is 16.5. The number of hydrogen-bond acceptors (Lipinski definition) is 2. The minimum absolute atomic E-state index is 1.03. The summed E-state index contributed by atoms with van der Waals surface area (Å²) in [5.41, 5.74) is 17.3. The maximum atomic E-state index is 3.96. The second kappa shape index (κ2) is 13.9. The number of hydrogen-bond donors (Lipinski definition) is 0.